The number of carbonyl (C=O) groups excluding carboxylic acids is 2. The summed E-state index contributed by atoms with van der Waals surface area (Å²) >= 11 is 0. The Hall–Kier alpha value is -2.75. The topological polar surface area (TPSA) is 121 Å². The molecule has 10 nitrogen and oxygen atoms in total. The van der Waals surface area contributed by atoms with Crippen LogP contribution in [0.25, 0.3) is 0 Å². The molecule has 0 saturated carbocycles. The van der Waals surface area contributed by atoms with E-state index in [1.54, 1.807) is 13.0 Å². The lowest BCUT2D eigenvalue weighted by atomic mass is 10.2. The highest BCUT2D eigenvalue weighted by atomic mass is 16.6. The van der Waals surface area contributed by atoms with E-state index in [1.165, 1.54) is 19.3 Å². The molecule has 0 bridgehead atoms. The molecule has 10 heteroatoms. The number of pyridine rings is 1. The zero-order valence-electron chi connectivity index (χ0n) is 13.6. The van der Waals surface area contributed by atoms with Crippen LogP contribution in [-0.4, -0.2) is 66.0 Å². The summed E-state index contributed by atoms with van der Waals surface area (Å²) in [4.78, 5) is 41.1. The van der Waals surface area contributed by atoms with E-state index in [-0.39, 0.29) is 11.7 Å². The van der Waals surface area contributed by atoms with Gasteiger partial charge in [-0.05, 0) is 22.9 Å². The van der Waals surface area contributed by atoms with Crippen molar-refractivity contribution in [2.45, 2.75) is 13.0 Å². The Bertz CT molecular complexity index is 612. The summed E-state index contributed by atoms with van der Waals surface area (Å²) in [6, 6.07) is 2.10. The quantitative estimate of drug-likeness (QED) is 0.584. The predicted molar refractivity (Wildman–Crippen MR) is 86.7 cm³/mol. The number of amides is 3. The molecule has 2 heterocycles. The molecule has 1 aliphatic rings. The van der Waals surface area contributed by atoms with Crippen LogP contribution in [0.4, 0.5) is 16.3 Å². The van der Waals surface area contributed by atoms with Gasteiger partial charge in [0.2, 0.25) is 5.91 Å². The van der Waals surface area contributed by atoms with E-state index in [0.717, 1.165) is 5.69 Å². The lowest BCUT2D eigenvalue weighted by Crippen LogP contribution is -2.55. The molecule has 1 saturated heterocycles. The highest BCUT2D eigenvalue weighted by Crippen LogP contribution is 2.18. The minimum Gasteiger partial charge on any atom is -0.366 e. The number of nitrogens with zero attached hydrogens (tertiary/aromatic N) is 4. The van der Waals surface area contributed by atoms with E-state index < -0.39 is 17.0 Å². The predicted octanol–water partition coefficient (Wildman–Crippen LogP) is -0.0441. The van der Waals surface area contributed by atoms with E-state index in [4.69, 9.17) is 0 Å². The van der Waals surface area contributed by atoms with Crippen LogP contribution in [0.2, 0.25) is 0 Å². The number of urea groups is 1. The first kappa shape index (κ1) is 17.6. The van der Waals surface area contributed by atoms with Gasteiger partial charge in [0.05, 0.1) is 11.7 Å². The van der Waals surface area contributed by atoms with Crippen molar-refractivity contribution in [2.24, 2.45) is 0 Å². The number of imide groups is 1. The van der Waals surface area contributed by atoms with Crippen molar-refractivity contribution in [1.82, 2.24) is 20.5 Å². The highest BCUT2D eigenvalue weighted by molar-refractivity contribution is 5.96. The largest absolute Gasteiger partial charge is 0.366 e. The van der Waals surface area contributed by atoms with Crippen molar-refractivity contribution in [3.8, 4) is 0 Å². The Morgan fingerprint density at radius 3 is 2.46 bits per heavy atom. The van der Waals surface area contributed by atoms with Crippen LogP contribution < -0.4 is 15.5 Å². The van der Waals surface area contributed by atoms with E-state index in [9.17, 15) is 19.7 Å². The second kappa shape index (κ2) is 7.68. The fourth-order valence-corrected chi connectivity index (χ4v) is 2.49. The van der Waals surface area contributed by atoms with Crippen LogP contribution >= 0.6 is 0 Å². The third-order valence-corrected chi connectivity index (χ3v) is 3.99. The minimum absolute atomic E-state index is 0.183. The van der Waals surface area contributed by atoms with Crippen LogP contribution in [0, 0.1) is 10.1 Å². The Balaban J connectivity index is 1.89. The molecule has 1 aromatic heterocycles. The standard InChI is InChI=1S/C14H20N6O4/c1-10(13(21)17-14(22)15-2)18-5-7-19(8-6-18)11-3-4-12(16-9-11)20(23)24/h3-4,9-10H,5-8H2,1-2H3,(H2,15,17,21,22)/t10-/m1/s1. The summed E-state index contributed by atoms with van der Waals surface area (Å²) in [5.74, 6) is -0.531. The molecule has 1 atom stereocenters. The van der Waals surface area contributed by atoms with Gasteiger partial charge in [0.15, 0.2) is 6.20 Å². The molecule has 24 heavy (non-hydrogen) atoms. The zero-order valence-corrected chi connectivity index (χ0v) is 13.6. The number of aromatic nitrogens is 1. The maximum Gasteiger partial charge on any atom is 0.363 e. The molecule has 3 amide bonds. The molecule has 0 unspecified atom stereocenters. The molecule has 130 valence electrons. The number of rotatable bonds is 4. The maximum atomic E-state index is 12.0. The van der Waals surface area contributed by atoms with E-state index in [1.807, 2.05) is 4.90 Å². The molecule has 0 spiro atoms. The Kier molecular flexibility index (Phi) is 5.64. The van der Waals surface area contributed by atoms with Gasteiger partial charge >= 0.3 is 11.8 Å². The molecule has 1 aromatic rings. The normalized spacial score (nSPS) is 16.3. The number of anilines is 1. The summed E-state index contributed by atoms with van der Waals surface area (Å²) < 4.78 is 0. The Labute approximate surface area is 139 Å². The lowest BCUT2D eigenvalue weighted by Gasteiger charge is -2.37. The smallest absolute Gasteiger partial charge is 0.363 e. The summed E-state index contributed by atoms with van der Waals surface area (Å²) in [6.07, 6.45) is 1.48. The Morgan fingerprint density at radius 1 is 1.29 bits per heavy atom. The number of nitro groups is 1. The van der Waals surface area contributed by atoms with Gasteiger partial charge in [-0.15, -0.1) is 0 Å². The highest BCUT2D eigenvalue weighted by Gasteiger charge is 2.27. The number of hydrogen-bond acceptors (Lipinski definition) is 7. The maximum absolute atomic E-state index is 12.0. The van der Waals surface area contributed by atoms with Gasteiger partial charge in [0.25, 0.3) is 0 Å². The average molecular weight is 336 g/mol. The molecule has 1 aliphatic heterocycles. The molecule has 2 N–H and O–H groups in total. The van der Waals surface area contributed by atoms with E-state index >= 15 is 0 Å². The number of nitrogens with one attached hydrogen (secondary N) is 2. The van der Waals surface area contributed by atoms with Crippen molar-refractivity contribution in [3.63, 3.8) is 0 Å². The molecule has 0 aliphatic carbocycles. The molecule has 2 rings (SSSR count). The number of carbonyl (C=O) groups is 2. The van der Waals surface area contributed by atoms with E-state index in [0.29, 0.717) is 26.2 Å². The third kappa shape index (κ3) is 4.16. The zero-order chi connectivity index (χ0) is 17.7. The second-order valence-corrected chi connectivity index (χ2v) is 5.40. The van der Waals surface area contributed by atoms with Crippen molar-refractivity contribution in [2.75, 3.05) is 38.1 Å². The summed E-state index contributed by atoms with van der Waals surface area (Å²) in [5, 5.41) is 15.2. The number of hydrogen-bond donors (Lipinski definition) is 2. The van der Waals surface area contributed by atoms with Crippen LogP contribution in [0.5, 0.6) is 0 Å². The van der Waals surface area contributed by atoms with Gasteiger partial charge in [-0.1, -0.05) is 0 Å². The van der Waals surface area contributed by atoms with Gasteiger partial charge in [0.1, 0.15) is 0 Å². The minimum atomic E-state index is -0.533. The molecule has 0 aromatic carbocycles. The lowest BCUT2D eigenvalue weighted by molar-refractivity contribution is -0.389. The number of piperazine rings is 1. The average Bonchev–Trinajstić information content (AvgIpc) is 2.61. The van der Waals surface area contributed by atoms with Crippen LogP contribution in [0.1, 0.15) is 6.92 Å². The first-order valence-electron chi connectivity index (χ1n) is 7.54. The van der Waals surface area contributed by atoms with Gasteiger partial charge in [-0.25, -0.2) is 4.79 Å². The SMILES string of the molecule is CNC(=O)NC(=O)[C@@H](C)N1CCN(c2ccc([N+](=O)[O-])nc2)CC1. The fraction of sp³-hybridized carbons (Fsp3) is 0.500. The fourth-order valence-electron chi connectivity index (χ4n) is 2.49. The van der Waals surface area contributed by atoms with Crippen molar-refractivity contribution >= 4 is 23.4 Å². The van der Waals surface area contributed by atoms with Crippen LogP contribution in [-0.2, 0) is 4.79 Å². The Morgan fingerprint density at radius 2 is 1.96 bits per heavy atom. The van der Waals surface area contributed by atoms with Crippen molar-refractivity contribution < 1.29 is 14.5 Å². The summed E-state index contributed by atoms with van der Waals surface area (Å²) in [7, 11) is 1.45. The summed E-state index contributed by atoms with van der Waals surface area (Å²) in [6.45, 7) is 4.36. The van der Waals surface area contributed by atoms with Gasteiger partial charge in [0, 0.05) is 39.3 Å². The third-order valence-electron chi connectivity index (χ3n) is 3.99. The first-order chi connectivity index (χ1) is 11.4. The van der Waals surface area contributed by atoms with Crippen LogP contribution in [0.15, 0.2) is 18.3 Å². The molecule has 0 radical (unpaired) electrons. The summed E-state index contributed by atoms with van der Waals surface area (Å²) in [5.41, 5.74) is 0.808. The monoisotopic (exact) mass is 336 g/mol. The molecule has 1 fully saturated rings. The van der Waals surface area contributed by atoms with Crippen molar-refractivity contribution in [3.05, 3.63) is 28.4 Å². The van der Waals surface area contributed by atoms with Gasteiger partial charge in [-0.2, -0.15) is 0 Å². The van der Waals surface area contributed by atoms with Gasteiger partial charge in [-0.3, -0.25) is 15.0 Å². The van der Waals surface area contributed by atoms with Crippen LogP contribution in [0.3, 0.4) is 0 Å². The van der Waals surface area contributed by atoms with Gasteiger partial charge < -0.3 is 20.3 Å². The molecular weight excluding hydrogens is 316 g/mol. The second-order valence-electron chi connectivity index (χ2n) is 5.40. The van der Waals surface area contributed by atoms with E-state index in [2.05, 4.69) is 20.5 Å². The first-order valence-corrected chi connectivity index (χ1v) is 7.54. The van der Waals surface area contributed by atoms with Crippen molar-refractivity contribution in [1.29, 1.82) is 0 Å². The molecular formula is C14H20N6O4.